The highest BCUT2D eigenvalue weighted by atomic mass is 16.5. The number of nitrogens with one attached hydrogen (secondary N) is 2. The van der Waals surface area contributed by atoms with Crippen LogP contribution in [-0.4, -0.2) is 41.8 Å². The lowest BCUT2D eigenvalue weighted by atomic mass is 9.89. The Bertz CT molecular complexity index is 325. The first-order valence-electron chi connectivity index (χ1n) is 5.95. The van der Waals surface area contributed by atoms with Gasteiger partial charge >= 0.3 is 12.0 Å². The van der Waals surface area contributed by atoms with E-state index in [2.05, 4.69) is 10.6 Å². The second-order valence-electron chi connectivity index (χ2n) is 4.16. The van der Waals surface area contributed by atoms with Crippen molar-refractivity contribution in [2.75, 3.05) is 6.61 Å². The number of carbonyl (C=O) groups excluding carboxylic acids is 2. The van der Waals surface area contributed by atoms with E-state index in [1.54, 1.807) is 0 Å². The van der Waals surface area contributed by atoms with Crippen molar-refractivity contribution >= 4 is 17.9 Å². The molecule has 0 spiro atoms. The third kappa shape index (κ3) is 5.13. The first-order valence-corrected chi connectivity index (χ1v) is 5.95. The molecule has 0 bridgehead atoms. The largest absolute Gasteiger partial charge is 0.481 e. The minimum absolute atomic E-state index is 0.0221. The molecule has 7 nitrogen and oxygen atoms in total. The van der Waals surface area contributed by atoms with Crippen LogP contribution >= 0.6 is 0 Å². The average Bonchev–Trinajstić information content (AvgIpc) is 2.23. The van der Waals surface area contributed by atoms with Crippen molar-refractivity contribution in [1.82, 2.24) is 10.6 Å². The van der Waals surface area contributed by atoms with Crippen LogP contribution in [0.3, 0.4) is 0 Å². The Kier molecular flexibility index (Phi) is 5.57. The van der Waals surface area contributed by atoms with E-state index in [-0.39, 0.29) is 25.0 Å². The minimum atomic E-state index is -1.07. The Hall–Kier alpha value is -1.63. The number of rotatable bonds is 6. The number of carbonyl (C=O) groups is 3. The van der Waals surface area contributed by atoms with Gasteiger partial charge < -0.3 is 15.2 Å². The molecule has 3 amide bonds. The molecule has 0 aliphatic heterocycles. The zero-order chi connectivity index (χ0) is 13.5. The summed E-state index contributed by atoms with van der Waals surface area (Å²) in [4.78, 5) is 32.7. The van der Waals surface area contributed by atoms with Crippen molar-refractivity contribution in [3.63, 3.8) is 0 Å². The molecular formula is C11H18N2O5. The van der Waals surface area contributed by atoms with Crippen molar-refractivity contribution in [1.29, 1.82) is 0 Å². The van der Waals surface area contributed by atoms with Crippen LogP contribution in [0.1, 0.15) is 32.6 Å². The van der Waals surface area contributed by atoms with Gasteiger partial charge in [0.05, 0.1) is 12.5 Å². The summed E-state index contributed by atoms with van der Waals surface area (Å²) < 4.78 is 5.33. The van der Waals surface area contributed by atoms with E-state index in [0.29, 0.717) is 6.61 Å². The van der Waals surface area contributed by atoms with E-state index >= 15 is 0 Å². The van der Waals surface area contributed by atoms with Gasteiger partial charge in [-0.15, -0.1) is 0 Å². The minimum Gasteiger partial charge on any atom is -0.481 e. The van der Waals surface area contributed by atoms with Gasteiger partial charge in [0, 0.05) is 19.1 Å². The summed E-state index contributed by atoms with van der Waals surface area (Å²) in [7, 11) is 0. The first-order chi connectivity index (χ1) is 8.51. The summed E-state index contributed by atoms with van der Waals surface area (Å²) in [5, 5.41) is 13.1. The molecule has 0 radical (unpaired) electrons. The van der Waals surface area contributed by atoms with Crippen molar-refractivity contribution in [3.8, 4) is 0 Å². The van der Waals surface area contributed by atoms with Crippen LogP contribution < -0.4 is 10.6 Å². The van der Waals surface area contributed by atoms with Gasteiger partial charge in [-0.3, -0.25) is 14.9 Å². The normalized spacial score (nSPS) is 21.8. The molecule has 0 aromatic carbocycles. The fourth-order valence-electron chi connectivity index (χ4n) is 1.69. The van der Waals surface area contributed by atoms with Gasteiger partial charge in [-0.2, -0.15) is 0 Å². The van der Waals surface area contributed by atoms with Crippen LogP contribution in [-0.2, 0) is 14.3 Å². The summed E-state index contributed by atoms with van der Waals surface area (Å²) in [6.07, 6.45) is 1.18. The van der Waals surface area contributed by atoms with E-state index in [1.165, 1.54) is 0 Å². The highest BCUT2D eigenvalue weighted by Gasteiger charge is 2.30. The lowest BCUT2D eigenvalue weighted by molar-refractivity contribution is -0.138. The zero-order valence-electron chi connectivity index (χ0n) is 10.3. The number of hydrogen-bond acceptors (Lipinski definition) is 4. The number of carboxylic acid groups (broad SMARTS) is 1. The van der Waals surface area contributed by atoms with Gasteiger partial charge in [-0.1, -0.05) is 0 Å². The number of carboxylic acids is 1. The molecule has 1 aliphatic carbocycles. The van der Waals surface area contributed by atoms with Gasteiger partial charge in [-0.25, -0.2) is 4.79 Å². The monoisotopic (exact) mass is 258 g/mol. The van der Waals surface area contributed by atoms with Crippen LogP contribution in [0.25, 0.3) is 0 Å². The molecule has 0 aromatic heterocycles. The van der Waals surface area contributed by atoms with Gasteiger partial charge in [0.25, 0.3) is 0 Å². The van der Waals surface area contributed by atoms with E-state index in [4.69, 9.17) is 9.84 Å². The number of ether oxygens (including phenoxy) is 1. The molecule has 0 heterocycles. The fraction of sp³-hybridized carbons (Fsp3) is 0.727. The van der Waals surface area contributed by atoms with Crippen molar-refractivity contribution in [3.05, 3.63) is 0 Å². The molecule has 1 rings (SSSR count). The molecule has 0 unspecified atom stereocenters. The summed E-state index contributed by atoms with van der Waals surface area (Å²) >= 11 is 0. The smallest absolute Gasteiger partial charge is 0.321 e. The lowest BCUT2D eigenvalue weighted by Gasteiger charge is -2.35. The van der Waals surface area contributed by atoms with Crippen molar-refractivity contribution < 1.29 is 24.2 Å². The number of imide groups is 1. The molecule has 1 fully saturated rings. The molecule has 0 atom stereocenters. The van der Waals surface area contributed by atoms with Gasteiger partial charge in [0.15, 0.2) is 0 Å². The van der Waals surface area contributed by atoms with E-state index < -0.39 is 17.9 Å². The predicted octanol–water partition coefficient (Wildman–Crippen LogP) is 0.245. The molecule has 0 saturated heterocycles. The maximum absolute atomic E-state index is 11.3. The van der Waals surface area contributed by atoms with Gasteiger partial charge in [-0.05, 0) is 19.8 Å². The second kappa shape index (κ2) is 6.95. The Morgan fingerprint density at radius 2 is 1.94 bits per heavy atom. The predicted molar refractivity (Wildman–Crippen MR) is 62.0 cm³/mol. The highest BCUT2D eigenvalue weighted by Crippen LogP contribution is 2.22. The van der Waals surface area contributed by atoms with Crippen LogP contribution in [0.4, 0.5) is 4.79 Å². The Labute approximate surface area is 105 Å². The molecular weight excluding hydrogens is 240 g/mol. The summed E-state index contributed by atoms with van der Waals surface area (Å²) in [5.74, 6) is -1.65. The number of amides is 3. The summed E-state index contributed by atoms with van der Waals surface area (Å²) in [5.41, 5.74) is 0. The van der Waals surface area contributed by atoms with Crippen LogP contribution in [0.2, 0.25) is 0 Å². The highest BCUT2D eigenvalue weighted by molar-refractivity contribution is 5.95. The lowest BCUT2D eigenvalue weighted by Crippen LogP contribution is -2.51. The van der Waals surface area contributed by atoms with E-state index in [1.807, 2.05) is 6.92 Å². The van der Waals surface area contributed by atoms with E-state index in [9.17, 15) is 14.4 Å². The summed E-state index contributed by atoms with van der Waals surface area (Å²) in [6, 6.07) is -0.556. The quantitative estimate of drug-likeness (QED) is 0.633. The Balaban J connectivity index is 2.11. The molecule has 1 aliphatic rings. The van der Waals surface area contributed by atoms with Crippen LogP contribution in [0.15, 0.2) is 0 Å². The fourth-order valence-corrected chi connectivity index (χ4v) is 1.69. The maximum Gasteiger partial charge on any atom is 0.321 e. The van der Waals surface area contributed by atoms with Crippen LogP contribution in [0, 0.1) is 0 Å². The third-order valence-electron chi connectivity index (χ3n) is 2.65. The Morgan fingerprint density at radius 1 is 1.28 bits per heavy atom. The topological polar surface area (TPSA) is 105 Å². The molecule has 18 heavy (non-hydrogen) atoms. The average molecular weight is 258 g/mol. The molecule has 0 aromatic rings. The van der Waals surface area contributed by atoms with Crippen molar-refractivity contribution in [2.45, 2.75) is 44.8 Å². The Morgan fingerprint density at radius 3 is 2.50 bits per heavy atom. The molecule has 1 saturated carbocycles. The maximum atomic E-state index is 11.3. The first kappa shape index (κ1) is 14.4. The third-order valence-corrected chi connectivity index (χ3v) is 2.65. The number of urea groups is 1. The second-order valence-corrected chi connectivity index (χ2v) is 4.16. The van der Waals surface area contributed by atoms with Crippen LogP contribution in [0.5, 0.6) is 0 Å². The standard InChI is InChI=1S/C11H18N2O5/c1-2-18-8-5-7(6-8)12-11(17)13-9(14)3-4-10(15)16/h7-8H,2-6H2,1H3,(H,15,16)(H2,12,13,14,17). The van der Waals surface area contributed by atoms with Gasteiger partial charge in [0.2, 0.25) is 5.91 Å². The van der Waals surface area contributed by atoms with Crippen molar-refractivity contribution in [2.24, 2.45) is 0 Å². The zero-order valence-corrected chi connectivity index (χ0v) is 10.3. The molecule has 7 heteroatoms. The number of hydrogen-bond donors (Lipinski definition) is 3. The van der Waals surface area contributed by atoms with Gasteiger partial charge in [0.1, 0.15) is 0 Å². The van der Waals surface area contributed by atoms with E-state index in [0.717, 1.165) is 12.8 Å². The molecule has 102 valence electrons. The summed E-state index contributed by atoms with van der Waals surface area (Å²) in [6.45, 7) is 2.56. The molecule has 3 N–H and O–H groups in total. The SMILES string of the molecule is CCOC1CC(NC(=O)NC(=O)CCC(=O)O)C1. The number of aliphatic carboxylic acids is 1.